The van der Waals surface area contributed by atoms with Gasteiger partial charge in [-0.15, -0.1) is 0 Å². The summed E-state index contributed by atoms with van der Waals surface area (Å²) < 4.78 is 38.8. The van der Waals surface area contributed by atoms with Gasteiger partial charge in [0.15, 0.2) is 12.6 Å². The summed E-state index contributed by atoms with van der Waals surface area (Å²) in [6, 6.07) is 10.5. The molecule has 5 atom stereocenters. The lowest BCUT2D eigenvalue weighted by Crippen LogP contribution is -2.34. The van der Waals surface area contributed by atoms with Gasteiger partial charge in [-0.3, -0.25) is 0 Å². The van der Waals surface area contributed by atoms with Crippen LogP contribution in [-0.2, 0) is 25.6 Å². The second-order valence-corrected chi connectivity index (χ2v) is 10.5. The van der Waals surface area contributed by atoms with Gasteiger partial charge in [-0.25, -0.2) is 4.79 Å². The Balaban J connectivity index is 1.73. The lowest BCUT2D eigenvalue weighted by molar-refractivity contribution is -0.152. The van der Waals surface area contributed by atoms with Gasteiger partial charge in [0.25, 0.3) is 0 Å². The van der Waals surface area contributed by atoms with Gasteiger partial charge in [0.2, 0.25) is 0 Å². The molecule has 0 amide bonds. The topological polar surface area (TPSA) is 142 Å². The largest absolute Gasteiger partial charge is 0.497 e. The molecule has 3 rings (SSSR count). The summed E-state index contributed by atoms with van der Waals surface area (Å²) in [5.41, 5.74) is 1.22. The van der Waals surface area contributed by atoms with Crippen LogP contribution in [0, 0.1) is 0 Å². The van der Waals surface area contributed by atoms with Crippen molar-refractivity contribution in [3.8, 4) is 17.2 Å². The fraction of sp³-hybridized carbons (Fsp3) is 0.469. The number of carbonyl (C=O) groups is 1. The Bertz CT molecular complexity index is 1240. The summed E-state index contributed by atoms with van der Waals surface area (Å²) in [6.07, 6.45) is 2.94. The third kappa shape index (κ3) is 9.78. The number of aromatic carboxylic acids is 1. The molecule has 11 nitrogen and oxygen atoms in total. The molecule has 0 aromatic heterocycles. The quantitative estimate of drug-likeness (QED) is 0.188. The van der Waals surface area contributed by atoms with E-state index in [2.05, 4.69) is 0 Å². The minimum absolute atomic E-state index is 0.0451. The first-order chi connectivity index (χ1) is 20.5. The molecule has 1 fully saturated rings. The lowest BCUT2D eigenvalue weighted by atomic mass is 10.0. The number of aliphatic hydroxyl groups is 2. The van der Waals surface area contributed by atoms with Crippen LogP contribution in [0.4, 0.5) is 0 Å². The molecule has 1 aliphatic rings. The van der Waals surface area contributed by atoms with E-state index >= 15 is 0 Å². The third-order valence-electron chi connectivity index (χ3n) is 6.69. The summed E-state index contributed by atoms with van der Waals surface area (Å²) in [7, 11) is 4.51. The molecule has 1 aliphatic heterocycles. The molecule has 236 valence electrons. The molecule has 43 heavy (non-hydrogen) atoms. The Hall–Kier alpha value is -3.45. The van der Waals surface area contributed by atoms with Crippen molar-refractivity contribution in [2.75, 3.05) is 28.1 Å². The number of carboxylic acids is 1. The van der Waals surface area contributed by atoms with Gasteiger partial charge in [-0.1, -0.05) is 36.4 Å². The Morgan fingerprint density at radius 1 is 1.02 bits per heavy atom. The molecule has 0 radical (unpaired) electrons. The van der Waals surface area contributed by atoms with Crippen LogP contribution in [0.1, 0.15) is 48.7 Å². The summed E-state index contributed by atoms with van der Waals surface area (Å²) in [4.78, 5) is 12.1. The fourth-order valence-electron chi connectivity index (χ4n) is 4.59. The van der Waals surface area contributed by atoms with Crippen LogP contribution in [0.5, 0.6) is 17.2 Å². The maximum atomic E-state index is 12.1. The van der Waals surface area contributed by atoms with Crippen LogP contribution in [0.15, 0.2) is 54.6 Å². The molecule has 1 heterocycles. The number of carboxylic acid groups (broad SMARTS) is 1. The average Bonchev–Trinajstić information content (AvgIpc) is 3.29. The lowest BCUT2D eigenvalue weighted by Gasteiger charge is -2.21. The van der Waals surface area contributed by atoms with Crippen molar-refractivity contribution in [1.29, 1.82) is 0 Å². The van der Waals surface area contributed by atoms with E-state index in [-0.39, 0.29) is 24.7 Å². The number of rotatable bonds is 16. The highest BCUT2D eigenvalue weighted by Gasteiger charge is 2.43. The summed E-state index contributed by atoms with van der Waals surface area (Å²) >= 11 is 0. The van der Waals surface area contributed by atoms with E-state index in [1.54, 1.807) is 52.2 Å². The van der Waals surface area contributed by atoms with Crippen LogP contribution in [0.25, 0.3) is 6.08 Å². The van der Waals surface area contributed by atoms with Gasteiger partial charge in [0, 0.05) is 13.2 Å². The van der Waals surface area contributed by atoms with Crippen molar-refractivity contribution in [1.82, 2.24) is 0 Å². The fourth-order valence-corrected chi connectivity index (χ4v) is 4.59. The second-order valence-electron chi connectivity index (χ2n) is 10.5. The van der Waals surface area contributed by atoms with Gasteiger partial charge >= 0.3 is 5.97 Å². The van der Waals surface area contributed by atoms with Crippen LogP contribution in [-0.4, -0.2) is 85.7 Å². The molecule has 0 aliphatic carbocycles. The van der Waals surface area contributed by atoms with Crippen molar-refractivity contribution in [2.24, 2.45) is 0 Å². The summed E-state index contributed by atoms with van der Waals surface area (Å²) in [6.45, 7) is 5.23. The summed E-state index contributed by atoms with van der Waals surface area (Å²) in [5.74, 6) is -0.879. The predicted octanol–water partition coefficient (Wildman–Crippen LogP) is 4.19. The molecular formula is C32H42O11. The van der Waals surface area contributed by atoms with Crippen molar-refractivity contribution in [3.05, 3.63) is 71.3 Å². The minimum Gasteiger partial charge on any atom is -0.497 e. The first-order valence-corrected chi connectivity index (χ1v) is 13.9. The Kier molecular flexibility index (Phi) is 12.6. The van der Waals surface area contributed by atoms with Crippen LogP contribution >= 0.6 is 0 Å². The zero-order valence-corrected chi connectivity index (χ0v) is 25.4. The van der Waals surface area contributed by atoms with E-state index in [0.29, 0.717) is 17.7 Å². The van der Waals surface area contributed by atoms with Gasteiger partial charge in [-0.05, 0) is 56.5 Å². The number of hydrogen-bond donors (Lipinski definition) is 3. The van der Waals surface area contributed by atoms with Gasteiger partial charge in [-0.2, -0.15) is 0 Å². The Morgan fingerprint density at radius 3 is 2.33 bits per heavy atom. The molecule has 11 heteroatoms. The Labute approximate surface area is 252 Å². The van der Waals surface area contributed by atoms with Gasteiger partial charge in [0.1, 0.15) is 41.1 Å². The number of aliphatic hydroxyl groups excluding tert-OH is 2. The number of ether oxygens (including phenoxy) is 7. The first-order valence-electron chi connectivity index (χ1n) is 13.9. The van der Waals surface area contributed by atoms with Gasteiger partial charge in [0.05, 0.1) is 33.0 Å². The number of methoxy groups -OCH3 is 3. The average molecular weight is 603 g/mol. The zero-order valence-electron chi connectivity index (χ0n) is 25.4. The molecule has 0 spiro atoms. The van der Waals surface area contributed by atoms with Crippen molar-refractivity contribution in [2.45, 2.75) is 70.1 Å². The van der Waals surface area contributed by atoms with Crippen LogP contribution in [0.3, 0.4) is 0 Å². The maximum Gasteiger partial charge on any atom is 0.340 e. The SMILES string of the molecule is COCOc1cc(OC)cc(/C=C/C[C@H]2OC(C)(C)O[C@@H]2C(O)/C=C\[C@@H](OCc2ccc(OC)cc2)[C@H](C)O)c1C(=O)O. The zero-order chi connectivity index (χ0) is 31.6. The van der Waals surface area contributed by atoms with E-state index in [9.17, 15) is 20.1 Å². The maximum absolute atomic E-state index is 12.1. The normalized spacial score (nSPS) is 20.3. The molecular weight excluding hydrogens is 560 g/mol. The predicted molar refractivity (Wildman–Crippen MR) is 158 cm³/mol. The second kappa shape index (κ2) is 15.9. The molecule has 0 bridgehead atoms. The minimum atomic E-state index is -1.17. The highest BCUT2D eigenvalue weighted by molar-refractivity contribution is 5.95. The molecule has 3 N–H and O–H groups in total. The van der Waals surface area contributed by atoms with Crippen molar-refractivity contribution in [3.63, 3.8) is 0 Å². The smallest absolute Gasteiger partial charge is 0.340 e. The molecule has 1 saturated heterocycles. The summed E-state index contributed by atoms with van der Waals surface area (Å²) in [5, 5.41) is 31.2. The standard InChI is InChI=1S/C32H42O11/c1-20(33)26(40-18-21-10-12-23(38-5)13-11-21)15-14-25(34)30-27(42-32(2,3)43-30)9-7-8-22-16-24(39-6)17-28(41-19-37-4)29(22)31(35)36/h7-8,10-17,20,25-27,30,33-34H,9,18-19H2,1-6H3,(H,35,36)/b8-7+,15-14-/t20-,25?,26+,27+,30+/m0/s1. The molecule has 2 aromatic rings. The molecule has 2 aromatic carbocycles. The van der Waals surface area contributed by atoms with E-state index in [1.807, 2.05) is 24.3 Å². The number of benzene rings is 2. The van der Waals surface area contributed by atoms with E-state index < -0.39 is 42.3 Å². The van der Waals surface area contributed by atoms with E-state index in [4.69, 9.17) is 33.2 Å². The monoisotopic (exact) mass is 602 g/mol. The highest BCUT2D eigenvalue weighted by atomic mass is 16.8. The first kappa shape index (κ1) is 34.0. The van der Waals surface area contributed by atoms with Crippen molar-refractivity contribution >= 4 is 12.0 Å². The highest BCUT2D eigenvalue weighted by Crippen LogP contribution is 2.34. The molecule has 1 unspecified atom stereocenters. The van der Waals surface area contributed by atoms with E-state index in [1.165, 1.54) is 26.4 Å². The van der Waals surface area contributed by atoms with Gasteiger partial charge < -0.3 is 48.5 Å². The van der Waals surface area contributed by atoms with Crippen LogP contribution in [0.2, 0.25) is 0 Å². The molecule has 0 saturated carbocycles. The van der Waals surface area contributed by atoms with Crippen LogP contribution < -0.4 is 14.2 Å². The Morgan fingerprint density at radius 2 is 1.72 bits per heavy atom. The van der Waals surface area contributed by atoms with E-state index in [0.717, 1.165) is 11.3 Å². The number of hydrogen-bond acceptors (Lipinski definition) is 10. The third-order valence-corrected chi connectivity index (χ3v) is 6.69. The van der Waals surface area contributed by atoms with Crippen molar-refractivity contribution < 1.29 is 53.3 Å².